The van der Waals surface area contributed by atoms with E-state index in [1.54, 1.807) is 0 Å². The summed E-state index contributed by atoms with van der Waals surface area (Å²) in [6, 6.07) is 23.2. The van der Waals surface area contributed by atoms with E-state index in [0.717, 1.165) is 56.4 Å². The van der Waals surface area contributed by atoms with Gasteiger partial charge in [-0.05, 0) is 85.1 Å². The van der Waals surface area contributed by atoms with Crippen LogP contribution >= 0.6 is 15.9 Å². The Morgan fingerprint density at radius 3 is 2.29 bits per heavy atom. The lowest BCUT2D eigenvalue weighted by Gasteiger charge is -2.18. The largest absolute Gasteiger partial charge is 0.492 e. The Morgan fingerprint density at radius 2 is 1.63 bits per heavy atom. The Morgan fingerprint density at radius 1 is 0.971 bits per heavy atom. The quantitative estimate of drug-likeness (QED) is 0.253. The van der Waals surface area contributed by atoms with Gasteiger partial charge in [0.15, 0.2) is 0 Å². The Kier molecular flexibility index (Phi) is 8.39. The maximum atomic E-state index is 9.70. The number of hydrogen-bond donors (Lipinski definition) is 1. The minimum Gasteiger partial charge on any atom is -0.492 e. The summed E-state index contributed by atoms with van der Waals surface area (Å²) in [6.45, 7) is 1.66. The number of ether oxygens (including phenoxy) is 1. The van der Waals surface area contributed by atoms with Gasteiger partial charge < -0.3 is 14.7 Å². The highest BCUT2D eigenvalue weighted by molar-refractivity contribution is 9.10. The van der Waals surface area contributed by atoms with Gasteiger partial charge in [-0.2, -0.15) is 5.10 Å². The summed E-state index contributed by atoms with van der Waals surface area (Å²) in [5, 5.41) is 15.2. The normalized spacial score (nSPS) is 12.3. The highest BCUT2D eigenvalue weighted by atomic mass is 79.9. The SMILES string of the molecule is CN(C)CCOc1ccc(C(=C(CCCO)c2ccc3cnn(C)c3c2)c2ccc(Br)cc2)cc1. The molecule has 1 heterocycles. The smallest absolute Gasteiger partial charge is 0.119 e. The molecular formula is C29H32BrN3O2. The highest BCUT2D eigenvalue weighted by Gasteiger charge is 2.16. The van der Waals surface area contributed by atoms with Crippen LogP contribution in [0, 0.1) is 0 Å². The van der Waals surface area contributed by atoms with E-state index in [-0.39, 0.29) is 6.61 Å². The molecule has 0 aliphatic carbocycles. The first kappa shape index (κ1) is 25.2. The molecule has 0 bridgehead atoms. The van der Waals surface area contributed by atoms with Gasteiger partial charge in [0, 0.05) is 30.1 Å². The second-order valence-electron chi connectivity index (χ2n) is 8.91. The maximum Gasteiger partial charge on any atom is 0.119 e. The maximum absolute atomic E-state index is 9.70. The number of nitrogens with zero attached hydrogens (tertiary/aromatic N) is 3. The number of allylic oxidation sites excluding steroid dienone is 1. The molecule has 0 saturated heterocycles. The number of rotatable bonds is 10. The van der Waals surface area contributed by atoms with Gasteiger partial charge in [0.1, 0.15) is 12.4 Å². The number of hydrogen-bond acceptors (Lipinski definition) is 4. The van der Waals surface area contributed by atoms with Crippen molar-refractivity contribution in [3.05, 3.63) is 94.1 Å². The molecule has 3 aromatic carbocycles. The fraction of sp³-hybridized carbons (Fsp3) is 0.276. The predicted molar refractivity (Wildman–Crippen MR) is 148 cm³/mol. The number of aryl methyl sites for hydroxylation is 1. The number of likely N-dealkylation sites (N-methyl/N-ethyl adjacent to an activating group) is 1. The lowest BCUT2D eigenvalue weighted by molar-refractivity contribution is 0.261. The third-order valence-electron chi connectivity index (χ3n) is 6.07. The lowest BCUT2D eigenvalue weighted by atomic mass is 9.87. The van der Waals surface area contributed by atoms with Crippen LogP contribution in [-0.2, 0) is 7.05 Å². The second kappa shape index (κ2) is 11.7. The van der Waals surface area contributed by atoms with Gasteiger partial charge in [-0.1, -0.05) is 52.3 Å². The van der Waals surface area contributed by atoms with E-state index in [1.165, 1.54) is 5.57 Å². The molecule has 0 aliphatic rings. The molecule has 6 heteroatoms. The van der Waals surface area contributed by atoms with Crippen LogP contribution in [0.4, 0.5) is 0 Å². The number of fused-ring (bicyclic) bond motifs is 1. The van der Waals surface area contributed by atoms with Gasteiger partial charge in [0.05, 0.1) is 11.7 Å². The van der Waals surface area contributed by atoms with Crippen LogP contribution in [0.1, 0.15) is 29.5 Å². The van der Waals surface area contributed by atoms with Crippen LogP contribution < -0.4 is 4.74 Å². The Labute approximate surface area is 215 Å². The number of aliphatic hydroxyl groups is 1. The highest BCUT2D eigenvalue weighted by Crippen LogP contribution is 2.37. The molecule has 0 saturated carbocycles. The molecule has 0 spiro atoms. The van der Waals surface area contributed by atoms with Crippen molar-refractivity contribution in [1.82, 2.24) is 14.7 Å². The van der Waals surface area contributed by atoms with E-state index in [0.29, 0.717) is 13.0 Å². The zero-order chi connectivity index (χ0) is 24.8. The van der Waals surface area contributed by atoms with E-state index >= 15 is 0 Å². The van der Waals surface area contributed by atoms with Crippen LogP contribution in [0.15, 0.2) is 77.4 Å². The number of benzene rings is 3. The van der Waals surface area contributed by atoms with Crippen molar-refractivity contribution in [3.8, 4) is 5.75 Å². The summed E-state index contributed by atoms with van der Waals surface area (Å²) in [6.07, 6.45) is 3.33. The molecule has 1 aromatic heterocycles. The van der Waals surface area contributed by atoms with Gasteiger partial charge >= 0.3 is 0 Å². The standard InChI is InChI=1S/C29H32BrN3O2/c1-32(2)16-18-35-26-14-10-22(11-15-26)29(21-8-12-25(30)13-9-21)27(5-4-17-34)23-6-7-24-20-31-33(3)28(24)19-23/h6-15,19-20,34H,4-5,16-18H2,1-3H3. The summed E-state index contributed by atoms with van der Waals surface area (Å²) >= 11 is 3.57. The third kappa shape index (κ3) is 6.20. The molecule has 1 N–H and O–H groups in total. The van der Waals surface area contributed by atoms with Gasteiger partial charge in [0.25, 0.3) is 0 Å². The van der Waals surface area contributed by atoms with Crippen LogP contribution in [-0.4, -0.2) is 53.6 Å². The van der Waals surface area contributed by atoms with E-state index in [1.807, 2.05) is 44.2 Å². The van der Waals surface area contributed by atoms with Gasteiger partial charge in [-0.25, -0.2) is 0 Å². The average Bonchev–Trinajstić information content (AvgIpc) is 3.23. The molecule has 0 fully saturated rings. The zero-order valence-electron chi connectivity index (χ0n) is 20.5. The van der Waals surface area contributed by atoms with Crippen molar-refractivity contribution in [3.63, 3.8) is 0 Å². The lowest BCUT2D eigenvalue weighted by Crippen LogP contribution is -2.19. The van der Waals surface area contributed by atoms with Crippen LogP contribution in [0.25, 0.3) is 22.0 Å². The van der Waals surface area contributed by atoms with Crippen LogP contribution in [0.3, 0.4) is 0 Å². The first-order valence-electron chi connectivity index (χ1n) is 11.9. The summed E-state index contributed by atoms with van der Waals surface area (Å²) < 4.78 is 8.87. The minimum atomic E-state index is 0.143. The fourth-order valence-electron chi connectivity index (χ4n) is 4.20. The average molecular weight is 534 g/mol. The zero-order valence-corrected chi connectivity index (χ0v) is 22.1. The first-order valence-corrected chi connectivity index (χ1v) is 12.7. The monoisotopic (exact) mass is 533 g/mol. The fourth-order valence-corrected chi connectivity index (χ4v) is 4.46. The molecule has 182 valence electrons. The van der Waals surface area contributed by atoms with Crippen molar-refractivity contribution in [1.29, 1.82) is 0 Å². The molecule has 4 aromatic rings. The molecule has 0 amide bonds. The Hall–Kier alpha value is -2.93. The molecule has 0 radical (unpaired) electrons. The van der Waals surface area contributed by atoms with E-state index in [2.05, 4.69) is 80.5 Å². The summed E-state index contributed by atoms with van der Waals surface area (Å²) in [5.41, 5.74) is 6.83. The summed E-state index contributed by atoms with van der Waals surface area (Å²) in [7, 11) is 6.05. The van der Waals surface area contributed by atoms with E-state index < -0.39 is 0 Å². The molecular weight excluding hydrogens is 502 g/mol. The molecule has 0 atom stereocenters. The first-order chi connectivity index (χ1) is 17.0. The minimum absolute atomic E-state index is 0.143. The second-order valence-corrected chi connectivity index (χ2v) is 9.82. The number of halogens is 1. The Balaban J connectivity index is 1.83. The van der Waals surface area contributed by atoms with Gasteiger partial charge in [-0.15, -0.1) is 0 Å². The van der Waals surface area contributed by atoms with Crippen molar-refractivity contribution in [2.24, 2.45) is 7.05 Å². The predicted octanol–water partition coefficient (Wildman–Crippen LogP) is 6.01. The molecule has 0 unspecified atom stereocenters. The van der Waals surface area contributed by atoms with Crippen LogP contribution in [0.2, 0.25) is 0 Å². The van der Waals surface area contributed by atoms with Crippen molar-refractivity contribution >= 4 is 38.0 Å². The number of aromatic nitrogens is 2. The number of aliphatic hydroxyl groups excluding tert-OH is 1. The summed E-state index contributed by atoms with van der Waals surface area (Å²) in [4.78, 5) is 2.11. The van der Waals surface area contributed by atoms with Crippen molar-refractivity contribution in [2.45, 2.75) is 12.8 Å². The molecule has 35 heavy (non-hydrogen) atoms. The van der Waals surface area contributed by atoms with Gasteiger partial charge in [-0.3, -0.25) is 4.68 Å². The van der Waals surface area contributed by atoms with Crippen LogP contribution in [0.5, 0.6) is 5.75 Å². The molecule has 5 nitrogen and oxygen atoms in total. The van der Waals surface area contributed by atoms with Crippen molar-refractivity contribution in [2.75, 3.05) is 33.9 Å². The van der Waals surface area contributed by atoms with E-state index in [9.17, 15) is 5.11 Å². The van der Waals surface area contributed by atoms with Crippen molar-refractivity contribution < 1.29 is 9.84 Å². The van der Waals surface area contributed by atoms with E-state index in [4.69, 9.17) is 4.74 Å². The Bertz CT molecular complexity index is 1290. The third-order valence-corrected chi connectivity index (χ3v) is 6.60. The molecule has 0 aliphatic heterocycles. The topological polar surface area (TPSA) is 50.5 Å². The van der Waals surface area contributed by atoms with Gasteiger partial charge in [0.2, 0.25) is 0 Å². The summed E-state index contributed by atoms with van der Waals surface area (Å²) in [5.74, 6) is 0.860. The molecule has 4 rings (SSSR count).